The van der Waals surface area contributed by atoms with E-state index in [0.717, 1.165) is 22.8 Å². The SMILES string of the molecule is Cc1ccnc(NCC2(CC(C)C)CCCC2)c1Br. The maximum Gasteiger partial charge on any atom is 0.140 e. The smallest absolute Gasteiger partial charge is 0.140 e. The van der Waals surface area contributed by atoms with Gasteiger partial charge in [0, 0.05) is 12.7 Å². The molecular weight excluding hydrogens is 300 g/mol. The summed E-state index contributed by atoms with van der Waals surface area (Å²) < 4.78 is 1.10. The fourth-order valence-corrected chi connectivity index (χ4v) is 3.75. The third kappa shape index (κ3) is 3.71. The van der Waals surface area contributed by atoms with Crippen molar-refractivity contribution in [2.75, 3.05) is 11.9 Å². The molecule has 3 heteroatoms. The van der Waals surface area contributed by atoms with Crippen LogP contribution in [0.5, 0.6) is 0 Å². The lowest BCUT2D eigenvalue weighted by atomic mass is 9.78. The maximum absolute atomic E-state index is 4.45. The molecule has 0 aliphatic heterocycles. The summed E-state index contributed by atoms with van der Waals surface area (Å²) in [6.07, 6.45) is 8.70. The predicted octanol–water partition coefficient (Wildman–Crippen LogP) is 5.17. The second-order valence-electron chi connectivity index (χ2n) is 6.45. The van der Waals surface area contributed by atoms with Crippen molar-refractivity contribution >= 4 is 21.7 Å². The van der Waals surface area contributed by atoms with Gasteiger partial charge in [0.2, 0.25) is 0 Å². The number of aromatic nitrogens is 1. The summed E-state index contributed by atoms with van der Waals surface area (Å²) in [5.74, 6) is 1.77. The number of rotatable bonds is 5. The predicted molar refractivity (Wildman–Crippen MR) is 85.5 cm³/mol. The Bertz CT molecular complexity index is 423. The van der Waals surface area contributed by atoms with Crippen LogP contribution in [0.25, 0.3) is 0 Å². The molecule has 1 saturated carbocycles. The molecule has 0 saturated heterocycles. The van der Waals surface area contributed by atoms with Gasteiger partial charge in [-0.25, -0.2) is 4.98 Å². The molecule has 1 aliphatic rings. The number of nitrogens with one attached hydrogen (secondary N) is 1. The Morgan fingerprint density at radius 3 is 2.68 bits per heavy atom. The monoisotopic (exact) mass is 324 g/mol. The highest BCUT2D eigenvalue weighted by Gasteiger charge is 2.34. The number of nitrogens with zero attached hydrogens (tertiary/aromatic N) is 1. The van der Waals surface area contributed by atoms with Crippen molar-refractivity contribution < 1.29 is 0 Å². The fourth-order valence-electron chi connectivity index (χ4n) is 3.38. The minimum absolute atomic E-state index is 0.485. The van der Waals surface area contributed by atoms with Crippen LogP contribution in [0.1, 0.15) is 51.5 Å². The van der Waals surface area contributed by atoms with E-state index in [4.69, 9.17) is 0 Å². The lowest BCUT2D eigenvalue weighted by Crippen LogP contribution is -2.28. The highest BCUT2D eigenvalue weighted by Crippen LogP contribution is 2.43. The van der Waals surface area contributed by atoms with Crippen LogP contribution in [0.2, 0.25) is 0 Å². The average molecular weight is 325 g/mol. The molecule has 1 aromatic rings. The first kappa shape index (κ1) is 14.8. The number of hydrogen-bond donors (Lipinski definition) is 1. The molecule has 0 spiro atoms. The van der Waals surface area contributed by atoms with Crippen molar-refractivity contribution in [2.24, 2.45) is 11.3 Å². The normalized spacial score (nSPS) is 17.9. The van der Waals surface area contributed by atoms with E-state index in [1.165, 1.54) is 37.7 Å². The third-order valence-corrected chi connectivity index (χ3v) is 5.22. The van der Waals surface area contributed by atoms with Gasteiger partial charge < -0.3 is 5.32 Å². The lowest BCUT2D eigenvalue weighted by Gasteiger charge is -2.31. The Hall–Kier alpha value is -0.570. The summed E-state index contributed by atoms with van der Waals surface area (Å²) in [7, 11) is 0. The minimum atomic E-state index is 0.485. The summed E-state index contributed by atoms with van der Waals surface area (Å²) in [6, 6.07) is 2.04. The van der Waals surface area contributed by atoms with Crippen molar-refractivity contribution in [3.05, 3.63) is 22.3 Å². The zero-order chi connectivity index (χ0) is 13.9. The van der Waals surface area contributed by atoms with E-state index in [2.05, 4.69) is 47.0 Å². The zero-order valence-electron chi connectivity index (χ0n) is 12.3. The molecule has 2 nitrogen and oxygen atoms in total. The molecular formula is C16H25BrN2. The molecule has 0 bridgehead atoms. The summed E-state index contributed by atoms with van der Waals surface area (Å²) in [4.78, 5) is 4.45. The molecule has 1 aromatic heterocycles. The van der Waals surface area contributed by atoms with Crippen molar-refractivity contribution in [1.29, 1.82) is 0 Å². The first-order valence-corrected chi connectivity index (χ1v) is 8.17. The van der Waals surface area contributed by atoms with E-state index >= 15 is 0 Å². The largest absolute Gasteiger partial charge is 0.369 e. The Kier molecular flexibility index (Phi) is 4.88. The van der Waals surface area contributed by atoms with Gasteiger partial charge in [0.1, 0.15) is 5.82 Å². The van der Waals surface area contributed by atoms with Gasteiger partial charge in [-0.15, -0.1) is 0 Å². The first-order chi connectivity index (χ1) is 9.02. The van der Waals surface area contributed by atoms with E-state index in [1.54, 1.807) is 0 Å². The van der Waals surface area contributed by atoms with E-state index in [1.807, 2.05) is 12.3 Å². The van der Waals surface area contributed by atoms with Gasteiger partial charge in [-0.3, -0.25) is 0 Å². The van der Waals surface area contributed by atoms with Crippen LogP contribution in [0, 0.1) is 18.3 Å². The summed E-state index contributed by atoms with van der Waals surface area (Å²) in [5, 5.41) is 3.58. The molecule has 0 radical (unpaired) electrons. The van der Waals surface area contributed by atoms with E-state index in [-0.39, 0.29) is 0 Å². The van der Waals surface area contributed by atoms with E-state index in [0.29, 0.717) is 5.41 Å². The standard InChI is InChI=1S/C16H25BrN2/c1-12(2)10-16(7-4-5-8-16)11-19-15-14(17)13(3)6-9-18-15/h6,9,12H,4-5,7-8,10-11H2,1-3H3,(H,18,19). The van der Waals surface area contributed by atoms with E-state index < -0.39 is 0 Å². The molecule has 1 aliphatic carbocycles. The van der Waals surface area contributed by atoms with Gasteiger partial charge in [-0.2, -0.15) is 0 Å². The summed E-state index contributed by atoms with van der Waals surface area (Å²) in [5.41, 5.74) is 1.72. The second-order valence-corrected chi connectivity index (χ2v) is 7.24. The Balaban J connectivity index is 2.05. The quantitative estimate of drug-likeness (QED) is 0.808. The van der Waals surface area contributed by atoms with Crippen molar-refractivity contribution in [1.82, 2.24) is 4.98 Å². The summed E-state index contributed by atoms with van der Waals surface area (Å²) >= 11 is 3.63. The van der Waals surface area contributed by atoms with Gasteiger partial charge >= 0.3 is 0 Å². The Morgan fingerprint density at radius 2 is 2.05 bits per heavy atom. The Labute approximate surface area is 125 Å². The second kappa shape index (κ2) is 6.25. The molecule has 1 heterocycles. The van der Waals surface area contributed by atoms with Gasteiger partial charge in [0.15, 0.2) is 0 Å². The highest BCUT2D eigenvalue weighted by molar-refractivity contribution is 9.10. The minimum Gasteiger partial charge on any atom is -0.369 e. The van der Waals surface area contributed by atoms with Crippen LogP contribution in [0.4, 0.5) is 5.82 Å². The topological polar surface area (TPSA) is 24.9 Å². The molecule has 106 valence electrons. The lowest BCUT2D eigenvalue weighted by molar-refractivity contribution is 0.252. The van der Waals surface area contributed by atoms with Gasteiger partial charge in [0.05, 0.1) is 4.47 Å². The van der Waals surface area contributed by atoms with Gasteiger partial charge in [-0.05, 0) is 65.1 Å². The zero-order valence-corrected chi connectivity index (χ0v) is 13.9. The number of hydrogen-bond acceptors (Lipinski definition) is 2. The van der Waals surface area contributed by atoms with Crippen LogP contribution in [-0.4, -0.2) is 11.5 Å². The molecule has 2 rings (SSSR count). The molecule has 0 amide bonds. The van der Waals surface area contributed by atoms with E-state index in [9.17, 15) is 0 Å². The van der Waals surface area contributed by atoms with Crippen molar-refractivity contribution in [3.63, 3.8) is 0 Å². The summed E-state index contributed by atoms with van der Waals surface area (Å²) in [6.45, 7) is 7.83. The number of halogens is 1. The van der Waals surface area contributed by atoms with Crippen LogP contribution in [0.3, 0.4) is 0 Å². The fraction of sp³-hybridized carbons (Fsp3) is 0.688. The Morgan fingerprint density at radius 1 is 1.37 bits per heavy atom. The van der Waals surface area contributed by atoms with Gasteiger partial charge in [-0.1, -0.05) is 26.7 Å². The van der Waals surface area contributed by atoms with Crippen LogP contribution in [0.15, 0.2) is 16.7 Å². The molecule has 1 fully saturated rings. The highest BCUT2D eigenvalue weighted by atomic mass is 79.9. The first-order valence-electron chi connectivity index (χ1n) is 7.37. The molecule has 1 N–H and O–H groups in total. The third-order valence-electron chi connectivity index (χ3n) is 4.22. The molecule has 0 atom stereocenters. The number of anilines is 1. The maximum atomic E-state index is 4.45. The molecule has 0 aromatic carbocycles. The molecule has 0 unspecified atom stereocenters. The average Bonchev–Trinajstić information content (AvgIpc) is 2.79. The number of pyridine rings is 1. The van der Waals surface area contributed by atoms with Crippen LogP contribution >= 0.6 is 15.9 Å². The molecule has 19 heavy (non-hydrogen) atoms. The van der Waals surface area contributed by atoms with Crippen LogP contribution in [-0.2, 0) is 0 Å². The number of aryl methyl sites for hydroxylation is 1. The van der Waals surface area contributed by atoms with Gasteiger partial charge in [0.25, 0.3) is 0 Å². The van der Waals surface area contributed by atoms with Crippen molar-refractivity contribution in [2.45, 2.75) is 52.9 Å². The van der Waals surface area contributed by atoms with Crippen LogP contribution < -0.4 is 5.32 Å². The van der Waals surface area contributed by atoms with Crippen molar-refractivity contribution in [3.8, 4) is 0 Å².